The van der Waals surface area contributed by atoms with Gasteiger partial charge in [-0.15, -0.1) is 0 Å². The molecule has 1 saturated heterocycles. The Morgan fingerprint density at radius 3 is 2.79 bits per heavy atom. The molecule has 28 heavy (non-hydrogen) atoms. The van der Waals surface area contributed by atoms with E-state index in [1.54, 1.807) is 18.2 Å². The number of H-pyrrole nitrogens is 1. The number of aromatic nitrogens is 1. The number of rotatable bonds is 5. The second-order valence-electron chi connectivity index (χ2n) is 6.67. The van der Waals surface area contributed by atoms with Crippen LogP contribution < -0.4 is 16.4 Å². The minimum Gasteiger partial charge on any atom is -0.465 e. The number of nitrogens with zero attached hydrogens (tertiary/aromatic N) is 1. The number of fused-ring (bicyclic) bond motifs is 1. The Labute approximate surface area is 160 Å². The first-order valence-electron chi connectivity index (χ1n) is 9.14. The number of urea groups is 1. The second-order valence-corrected chi connectivity index (χ2v) is 6.67. The van der Waals surface area contributed by atoms with Crippen LogP contribution in [0.25, 0.3) is 11.1 Å². The quantitative estimate of drug-likeness (QED) is 0.620. The van der Waals surface area contributed by atoms with E-state index >= 15 is 0 Å². The van der Waals surface area contributed by atoms with Crippen LogP contribution in [0, 0.1) is 6.92 Å². The van der Waals surface area contributed by atoms with Crippen LogP contribution in [-0.4, -0.2) is 48.8 Å². The van der Waals surface area contributed by atoms with Crippen molar-refractivity contribution >= 4 is 22.8 Å². The second kappa shape index (κ2) is 7.91. The molecule has 1 fully saturated rings. The molecule has 2 aromatic heterocycles. The molecule has 0 aliphatic carbocycles. The van der Waals surface area contributed by atoms with Crippen LogP contribution in [-0.2, 0) is 4.74 Å². The van der Waals surface area contributed by atoms with Gasteiger partial charge in [0.2, 0.25) is 0 Å². The first-order chi connectivity index (χ1) is 13.6. The number of carbonyl (C=O) groups is 1. The SMILES string of the molecule is Cc1ccc([C@@H](CNC(=O)Nc2ccc3[nH]c(=O)oc3c2)N2CCOCC2)o1. The summed E-state index contributed by atoms with van der Waals surface area (Å²) < 4.78 is 16.2. The minimum atomic E-state index is -0.529. The number of carbonyl (C=O) groups excluding carboxylic acids is 1. The van der Waals surface area contributed by atoms with Crippen molar-refractivity contribution in [3.05, 3.63) is 52.4 Å². The number of morpholine rings is 1. The molecule has 0 radical (unpaired) electrons. The van der Waals surface area contributed by atoms with Crippen molar-refractivity contribution < 1.29 is 18.4 Å². The highest BCUT2D eigenvalue weighted by Crippen LogP contribution is 2.23. The first-order valence-corrected chi connectivity index (χ1v) is 9.14. The van der Waals surface area contributed by atoms with Gasteiger partial charge in [-0.25, -0.2) is 9.59 Å². The van der Waals surface area contributed by atoms with E-state index in [2.05, 4.69) is 20.5 Å². The number of ether oxygens (including phenoxy) is 1. The summed E-state index contributed by atoms with van der Waals surface area (Å²) in [7, 11) is 0. The Hall–Kier alpha value is -3.04. The van der Waals surface area contributed by atoms with Gasteiger partial charge in [-0.3, -0.25) is 9.88 Å². The topological polar surface area (TPSA) is 113 Å². The summed E-state index contributed by atoms with van der Waals surface area (Å²) in [6, 6.07) is 8.41. The van der Waals surface area contributed by atoms with E-state index in [1.165, 1.54) is 0 Å². The van der Waals surface area contributed by atoms with E-state index in [4.69, 9.17) is 13.6 Å². The number of hydrogen-bond acceptors (Lipinski definition) is 6. The molecule has 1 atom stereocenters. The third-order valence-corrected chi connectivity index (χ3v) is 4.71. The van der Waals surface area contributed by atoms with Gasteiger partial charge in [0, 0.05) is 31.4 Å². The van der Waals surface area contributed by atoms with Gasteiger partial charge in [0.1, 0.15) is 11.5 Å². The van der Waals surface area contributed by atoms with Gasteiger partial charge in [-0.1, -0.05) is 0 Å². The molecular weight excluding hydrogens is 364 g/mol. The lowest BCUT2D eigenvalue weighted by atomic mass is 10.1. The maximum Gasteiger partial charge on any atom is 0.417 e. The fourth-order valence-corrected chi connectivity index (χ4v) is 3.32. The standard InChI is InChI=1S/C19H22N4O5/c1-12-2-5-16(27-12)15(23-6-8-26-9-7-23)11-20-18(24)21-13-3-4-14-17(10-13)28-19(25)22-14/h2-5,10,15H,6-9,11H2,1H3,(H,22,25)(H2,20,21,24)/t15-/m1/s1. The zero-order chi connectivity index (χ0) is 19.5. The number of amides is 2. The largest absolute Gasteiger partial charge is 0.465 e. The number of oxazole rings is 1. The van der Waals surface area contributed by atoms with E-state index < -0.39 is 5.76 Å². The van der Waals surface area contributed by atoms with Crippen LogP contribution in [0.2, 0.25) is 0 Å². The van der Waals surface area contributed by atoms with E-state index in [9.17, 15) is 9.59 Å². The van der Waals surface area contributed by atoms with Crippen molar-refractivity contribution in [3.63, 3.8) is 0 Å². The monoisotopic (exact) mass is 386 g/mol. The molecule has 3 heterocycles. The maximum absolute atomic E-state index is 12.4. The smallest absolute Gasteiger partial charge is 0.417 e. The summed E-state index contributed by atoms with van der Waals surface area (Å²) in [6.45, 7) is 5.15. The lowest BCUT2D eigenvalue weighted by molar-refractivity contribution is 0.0122. The number of nitrogens with one attached hydrogen (secondary N) is 3. The van der Waals surface area contributed by atoms with Crippen LogP contribution in [0.15, 0.2) is 44.0 Å². The Morgan fingerprint density at radius 2 is 2.04 bits per heavy atom. The lowest BCUT2D eigenvalue weighted by Crippen LogP contribution is -2.44. The Bertz CT molecular complexity index is 1010. The Morgan fingerprint density at radius 1 is 1.21 bits per heavy atom. The van der Waals surface area contributed by atoms with E-state index in [0.717, 1.165) is 24.6 Å². The maximum atomic E-state index is 12.4. The molecule has 3 aromatic rings. The Kier molecular flexibility index (Phi) is 5.18. The molecular formula is C19H22N4O5. The predicted molar refractivity (Wildman–Crippen MR) is 102 cm³/mol. The number of aromatic amines is 1. The van der Waals surface area contributed by atoms with Crippen molar-refractivity contribution in [3.8, 4) is 0 Å². The molecule has 4 rings (SSSR count). The van der Waals surface area contributed by atoms with Crippen LogP contribution in [0.4, 0.5) is 10.5 Å². The molecule has 0 bridgehead atoms. The lowest BCUT2D eigenvalue weighted by Gasteiger charge is -2.33. The number of hydrogen-bond donors (Lipinski definition) is 3. The van der Waals surface area contributed by atoms with E-state index in [-0.39, 0.29) is 12.1 Å². The molecule has 9 heteroatoms. The molecule has 0 spiro atoms. The highest BCUT2D eigenvalue weighted by molar-refractivity contribution is 5.91. The zero-order valence-electron chi connectivity index (χ0n) is 15.5. The third kappa shape index (κ3) is 4.10. The van der Waals surface area contributed by atoms with Gasteiger partial charge < -0.3 is 24.2 Å². The van der Waals surface area contributed by atoms with Gasteiger partial charge in [0.25, 0.3) is 0 Å². The Balaban J connectivity index is 1.41. The zero-order valence-corrected chi connectivity index (χ0v) is 15.5. The molecule has 3 N–H and O–H groups in total. The highest BCUT2D eigenvalue weighted by Gasteiger charge is 2.25. The van der Waals surface area contributed by atoms with Crippen LogP contribution in [0.1, 0.15) is 17.6 Å². The van der Waals surface area contributed by atoms with Crippen molar-refractivity contribution in [1.82, 2.24) is 15.2 Å². The number of benzene rings is 1. The third-order valence-electron chi connectivity index (χ3n) is 4.71. The van der Waals surface area contributed by atoms with Crippen molar-refractivity contribution in [1.29, 1.82) is 0 Å². The first kappa shape index (κ1) is 18.3. The average molecular weight is 386 g/mol. The van der Waals surface area contributed by atoms with Gasteiger partial charge in [0.05, 0.1) is 24.8 Å². The van der Waals surface area contributed by atoms with E-state index in [1.807, 2.05) is 19.1 Å². The fourth-order valence-electron chi connectivity index (χ4n) is 3.32. The van der Waals surface area contributed by atoms with Gasteiger partial charge >= 0.3 is 11.8 Å². The summed E-state index contributed by atoms with van der Waals surface area (Å²) in [5, 5.41) is 5.66. The number of anilines is 1. The van der Waals surface area contributed by atoms with Gasteiger partial charge in [-0.2, -0.15) is 0 Å². The molecule has 2 amide bonds. The summed E-state index contributed by atoms with van der Waals surface area (Å²) in [5.41, 5.74) is 1.50. The molecule has 9 nitrogen and oxygen atoms in total. The van der Waals surface area contributed by atoms with E-state index in [0.29, 0.717) is 36.5 Å². The average Bonchev–Trinajstić information content (AvgIpc) is 3.27. The summed E-state index contributed by atoms with van der Waals surface area (Å²) in [6.07, 6.45) is 0. The van der Waals surface area contributed by atoms with Crippen LogP contribution in [0.5, 0.6) is 0 Å². The minimum absolute atomic E-state index is 0.0754. The molecule has 148 valence electrons. The summed E-state index contributed by atoms with van der Waals surface area (Å²) in [5.74, 6) is 1.12. The number of furan rings is 1. The highest BCUT2D eigenvalue weighted by atomic mass is 16.5. The van der Waals surface area contributed by atoms with Crippen LogP contribution >= 0.6 is 0 Å². The molecule has 1 aromatic carbocycles. The molecule has 1 aliphatic rings. The normalized spacial score (nSPS) is 16.2. The fraction of sp³-hybridized carbons (Fsp3) is 0.368. The van der Waals surface area contributed by atoms with Crippen molar-refractivity contribution in [2.45, 2.75) is 13.0 Å². The van der Waals surface area contributed by atoms with Crippen molar-refractivity contribution in [2.75, 3.05) is 38.2 Å². The van der Waals surface area contributed by atoms with Crippen molar-refractivity contribution in [2.24, 2.45) is 0 Å². The predicted octanol–water partition coefficient (Wildman–Crippen LogP) is 2.22. The summed E-state index contributed by atoms with van der Waals surface area (Å²) >= 11 is 0. The van der Waals surface area contributed by atoms with Gasteiger partial charge in [-0.05, 0) is 31.2 Å². The number of aryl methyl sites for hydroxylation is 1. The van der Waals surface area contributed by atoms with Crippen LogP contribution in [0.3, 0.4) is 0 Å². The summed E-state index contributed by atoms with van der Waals surface area (Å²) in [4.78, 5) is 28.4. The van der Waals surface area contributed by atoms with Gasteiger partial charge in [0.15, 0.2) is 5.58 Å². The molecule has 0 saturated carbocycles. The molecule has 0 unspecified atom stereocenters. The molecule has 1 aliphatic heterocycles.